The smallest absolute Gasteiger partial charge is 0.350 e. The second-order valence-electron chi connectivity index (χ2n) is 7.68. The van der Waals surface area contributed by atoms with Crippen molar-refractivity contribution in [2.24, 2.45) is 7.05 Å². The first-order valence-corrected chi connectivity index (χ1v) is 12.0. The number of benzene rings is 2. The maximum absolute atomic E-state index is 13.0. The van der Waals surface area contributed by atoms with Gasteiger partial charge in [-0.05, 0) is 38.1 Å². The zero-order chi connectivity index (χ0) is 25.4. The molecule has 0 saturated heterocycles. The summed E-state index contributed by atoms with van der Waals surface area (Å²) < 4.78 is 14.2. The molecule has 11 heteroatoms. The fourth-order valence-electron chi connectivity index (χ4n) is 3.57. The van der Waals surface area contributed by atoms with Gasteiger partial charge in [-0.15, -0.1) is 11.3 Å². The fourth-order valence-corrected chi connectivity index (χ4v) is 5.34. The summed E-state index contributed by atoms with van der Waals surface area (Å²) in [4.78, 5) is 38.8. The number of carbonyl (C=O) groups is 2. The van der Waals surface area contributed by atoms with Crippen LogP contribution in [0.4, 0.5) is 5.69 Å². The number of amides is 1. The molecule has 1 atom stereocenters. The number of ether oxygens (including phenoxy) is 2. The van der Waals surface area contributed by atoms with Crippen LogP contribution in [-0.2, 0) is 16.6 Å². The molecule has 8 nitrogen and oxygen atoms in total. The van der Waals surface area contributed by atoms with E-state index in [1.165, 1.54) is 18.7 Å². The maximum atomic E-state index is 13.0. The summed E-state index contributed by atoms with van der Waals surface area (Å²) >= 11 is 13.8. The molecule has 35 heavy (non-hydrogen) atoms. The molecular formula is C24H21Cl2N3O5S. The number of thiophene rings is 1. The van der Waals surface area contributed by atoms with Crippen LogP contribution in [0.1, 0.15) is 22.3 Å². The lowest BCUT2D eigenvalue weighted by Crippen LogP contribution is -2.32. The van der Waals surface area contributed by atoms with Gasteiger partial charge in [-0.25, -0.2) is 9.48 Å². The Morgan fingerprint density at radius 3 is 2.43 bits per heavy atom. The van der Waals surface area contributed by atoms with E-state index in [0.717, 1.165) is 11.3 Å². The van der Waals surface area contributed by atoms with E-state index in [4.69, 9.17) is 32.7 Å². The predicted octanol–water partition coefficient (Wildman–Crippen LogP) is 5.20. The third-order valence-electron chi connectivity index (χ3n) is 5.56. The Kier molecular flexibility index (Phi) is 6.93. The average molecular weight is 534 g/mol. The average Bonchev–Trinajstić information content (AvgIpc) is 3.29. The van der Waals surface area contributed by atoms with Crippen molar-refractivity contribution in [2.45, 2.75) is 20.0 Å². The molecule has 182 valence electrons. The van der Waals surface area contributed by atoms with Crippen LogP contribution in [0.2, 0.25) is 10.0 Å². The highest BCUT2D eigenvalue weighted by molar-refractivity contribution is 7.22. The summed E-state index contributed by atoms with van der Waals surface area (Å²) in [5.41, 5.74) is 0.891. The van der Waals surface area contributed by atoms with Crippen LogP contribution in [0.15, 0.2) is 47.3 Å². The van der Waals surface area contributed by atoms with Crippen molar-refractivity contribution in [3.63, 3.8) is 0 Å². The molecule has 2 aromatic heterocycles. The SMILES string of the molecule is COc1ccc2c(Cl)c(C(=O)O[C@@H](C)C(=O)Nc3c(C)n(C)n(-c4ccccc4)c3=O)sc2c1Cl. The third kappa shape index (κ3) is 4.42. The first kappa shape index (κ1) is 24.8. The number of aromatic nitrogens is 2. The van der Waals surface area contributed by atoms with Crippen LogP contribution < -0.4 is 15.6 Å². The molecule has 0 spiro atoms. The van der Waals surface area contributed by atoms with Gasteiger partial charge < -0.3 is 14.8 Å². The summed E-state index contributed by atoms with van der Waals surface area (Å²) in [7, 11) is 3.20. The van der Waals surface area contributed by atoms with Gasteiger partial charge in [0.25, 0.3) is 11.5 Å². The number of esters is 1. The molecule has 0 saturated carbocycles. The number of para-hydroxylation sites is 1. The normalized spacial score (nSPS) is 11.9. The molecule has 2 aromatic carbocycles. The van der Waals surface area contributed by atoms with Gasteiger partial charge in [0.2, 0.25) is 0 Å². The highest BCUT2D eigenvalue weighted by Gasteiger charge is 2.27. The van der Waals surface area contributed by atoms with E-state index in [0.29, 0.717) is 32.2 Å². The Labute approximate surface area is 214 Å². The Morgan fingerprint density at radius 2 is 1.77 bits per heavy atom. The summed E-state index contributed by atoms with van der Waals surface area (Å²) in [6.45, 7) is 3.13. The third-order valence-corrected chi connectivity index (χ3v) is 7.76. The Bertz CT molecular complexity index is 1510. The van der Waals surface area contributed by atoms with Gasteiger partial charge in [-0.2, -0.15) is 0 Å². The molecule has 4 rings (SSSR count). The molecule has 0 radical (unpaired) electrons. The van der Waals surface area contributed by atoms with Crippen molar-refractivity contribution >= 4 is 62.2 Å². The van der Waals surface area contributed by atoms with Crippen LogP contribution >= 0.6 is 34.5 Å². The van der Waals surface area contributed by atoms with Crippen LogP contribution in [0.5, 0.6) is 5.75 Å². The van der Waals surface area contributed by atoms with Gasteiger partial charge in [0.15, 0.2) is 6.10 Å². The molecule has 0 aliphatic rings. The second-order valence-corrected chi connectivity index (χ2v) is 9.45. The van der Waals surface area contributed by atoms with Gasteiger partial charge in [-0.3, -0.25) is 14.3 Å². The maximum Gasteiger partial charge on any atom is 0.350 e. The van der Waals surface area contributed by atoms with Crippen LogP contribution in [0, 0.1) is 6.92 Å². The van der Waals surface area contributed by atoms with Crippen molar-refractivity contribution in [3.05, 3.63) is 73.4 Å². The topological polar surface area (TPSA) is 91.6 Å². The predicted molar refractivity (Wildman–Crippen MR) is 138 cm³/mol. The largest absolute Gasteiger partial charge is 0.495 e. The number of carbonyl (C=O) groups excluding carboxylic acids is 2. The van der Waals surface area contributed by atoms with Crippen LogP contribution in [0.3, 0.4) is 0 Å². The van der Waals surface area contributed by atoms with Crippen molar-refractivity contribution in [2.75, 3.05) is 12.4 Å². The lowest BCUT2D eigenvalue weighted by atomic mass is 10.2. The van der Waals surface area contributed by atoms with Gasteiger partial charge in [0, 0.05) is 12.4 Å². The molecule has 0 unspecified atom stereocenters. The molecule has 4 aromatic rings. The molecule has 1 amide bonds. The number of rotatable bonds is 6. The minimum Gasteiger partial charge on any atom is -0.495 e. The van der Waals surface area contributed by atoms with Gasteiger partial charge in [0.1, 0.15) is 21.3 Å². The fraction of sp³-hybridized carbons (Fsp3) is 0.208. The zero-order valence-electron chi connectivity index (χ0n) is 19.2. The van der Waals surface area contributed by atoms with E-state index < -0.39 is 23.5 Å². The lowest BCUT2D eigenvalue weighted by Gasteiger charge is -2.12. The molecule has 0 bridgehead atoms. The van der Waals surface area contributed by atoms with Crippen LogP contribution in [0.25, 0.3) is 15.8 Å². The number of methoxy groups -OCH3 is 1. The number of anilines is 1. The first-order chi connectivity index (χ1) is 16.6. The van der Waals surface area contributed by atoms with Crippen molar-refractivity contribution in [1.82, 2.24) is 9.36 Å². The van der Waals surface area contributed by atoms with Gasteiger partial charge in [-0.1, -0.05) is 41.4 Å². The second kappa shape index (κ2) is 9.77. The lowest BCUT2D eigenvalue weighted by molar-refractivity contribution is -0.123. The monoisotopic (exact) mass is 533 g/mol. The van der Waals surface area contributed by atoms with Crippen LogP contribution in [-0.4, -0.2) is 34.5 Å². The number of nitrogens with one attached hydrogen (secondary N) is 1. The highest BCUT2D eigenvalue weighted by Crippen LogP contribution is 2.43. The minimum absolute atomic E-state index is 0.100. The summed E-state index contributed by atoms with van der Waals surface area (Å²) in [6, 6.07) is 12.4. The highest BCUT2D eigenvalue weighted by atomic mass is 35.5. The Morgan fingerprint density at radius 1 is 1.09 bits per heavy atom. The molecule has 2 heterocycles. The van der Waals surface area contributed by atoms with E-state index in [1.807, 2.05) is 18.2 Å². The standard InChI is InChI=1S/C24H21Cl2N3O5S/c1-12-19(23(31)29(28(12)3)14-8-6-5-7-9-14)27-22(30)13(2)34-24(32)21-17(25)15-10-11-16(33-4)18(26)20(15)35-21/h5-11,13H,1-4H3,(H,27,30)/t13-/m0/s1. The van der Waals surface area contributed by atoms with Crippen molar-refractivity contribution in [1.29, 1.82) is 0 Å². The summed E-state index contributed by atoms with van der Waals surface area (Å²) in [5.74, 6) is -0.981. The molecule has 1 N–H and O–H groups in total. The minimum atomic E-state index is -1.20. The van der Waals surface area contributed by atoms with Crippen molar-refractivity contribution in [3.8, 4) is 11.4 Å². The number of hydrogen-bond donors (Lipinski definition) is 1. The number of hydrogen-bond acceptors (Lipinski definition) is 6. The molecular weight excluding hydrogens is 513 g/mol. The van der Waals surface area contributed by atoms with E-state index in [1.54, 1.807) is 42.9 Å². The number of fused-ring (bicyclic) bond motifs is 1. The summed E-state index contributed by atoms with van der Waals surface area (Å²) in [5, 5.41) is 3.68. The van der Waals surface area contributed by atoms with Gasteiger partial charge >= 0.3 is 5.97 Å². The number of halogens is 2. The van der Waals surface area contributed by atoms with E-state index >= 15 is 0 Å². The molecule has 0 aliphatic carbocycles. The Balaban J connectivity index is 1.55. The molecule has 0 aliphatic heterocycles. The quantitative estimate of drug-likeness (QED) is 0.344. The van der Waals surface area contributed by atoms with E-state index in [9.17, 15) is 14.4 Å². The Hall–Kier alpha value is -3.27. The van der Waals surface area contributed by atoms with E-state index in [-0.39, 0.29) is 15.6 Å². The van der Waals surface area contributed by atoms with E-state index in [2.05, 4.69) is 5.32 Å². The van der Waals surface area contributed by atoms with Crippen molar-refractivity contribution < 1.29 is 19.1 Å². The molecule has 0 fully saturated rings. The first-order valence-electron chi connectivity index (χ1n) is 10.5. The summed E-state index contributed by atoms with van der Waals surface area (Å²) in [6.07, 6.45) is -1.20. The zero-order valence-corrected chi connectivity index (χ0v) is 21.5. The number of nitrogens with zero attached hydrogens (tertiary/aromatic N) is 2. The van der Waals surface area contributed by atoms with Gasteiger partial charge in [0.05, 0.1) is 28.2 Å².